The summed E-state index contributed by atoms with van der Waals surface area (Å²) in [6.45, 7) is 2.25. The molecule has 4 atom stereocenters. The van der Waals surface area contributed by atoms with E-state index in [2.05, 4.69) is 11.9 Å². The molecule has 142 valence electrons. The third-order valence-corrected chi connectivity index (χ3v) is 7.10. The summed E-state index contributed by atoms with van der Waals surface area (Å²) in [5, 5.41) is 0. The number of carbonyl (C=O) groups is 1. The van der Waals surface area contributed by atoms with Gasteiger partial charge in [-0.25, -0.2) is 0 Å². The van der Waals surface area contributed by atoms with Crippen molar-refractivity contribution < 1.29 is 18.0 Å². The minimum atomic E-state index is -4.36. The Morgan fingerprint density at radius 1 is 1.23 bits per heavy atom. The van der Waals surface area contributed by atoms with Crippen LogP contribution in [0.1, 0.15) is 68.7 Å². The van der Waals surface area contributed by atoms with Crippen molar-refractivity contribution in [3.05, 3.63) is 29.1 Å². The molecular weight excluding hydrogens is 339 g/mol. The molecule has 2 nitrogen and oxygen atoms in total. The summed E-state index contributed by atoms with van der Waals surface area (Å²) in [4.78, 5) is 17.6. The van der Waals surface area contributed by atoms with Gasteiger partial charge in [-0.2, -0.15) is 13.2 Å². The normalized spacial score (nSPS) is 34.2. The average molecular weight is 365 g/mol. The number of carbonyl (C=O) groups excluding carboxylic acids is 1. The monoisotopic (exact) mass is 365 g/mol. The van der Waals surface area contributed by atoms with Gasteiger partial charge in [0, 0.05) is 23.2 Å². The van der Waals surface area contributed by atoms with Crippen molar-refractivity contribution in [2.24, 2.45) is 23.2 Å². The predicted octanol–water partition coefficient (Wildman–Crippen LogP) is 5.38. The topological polar surface area (TPSA) is 30.0 Å². The van der Waals surface area contributed by atoms with Gasteiger partial charge in [-0.3, -0.25) is 9.78 Å². The molecule has 26 heavy (non-hydrogen) atoms. The highest BCUT2D eigenvalue weighted by molar-refractivity contribution is 5.88. The lowest BCUT2D eigenvalue weighted by Gasteiger charge is -2.32. The molecule has 0 saturated heterocycles. The van der Waals surface area contributed by atoms with E-state index in [1.807, 2.05) is 0 Å². The first-order valence-corrected chi connectivity index (χ1v) is 9.89. The highest BCUT2D eigenvalue weighted by atomic mass is 19.4. The van der Waals surface area contributed by atoms with Crippen molar-refractivity contribution in [3.63, 3.8) is 0 Å². The highest BCUT2D eigenvalue weighted by Crippen LogP contribution is 2.58. The molecule has 0 N–H and O–H groups in total. The number of fused-ring (bicyclic) bond motifs is 2. The number of hydrogen-bond donors (Lipinski definition) is 0. The Labute approximate surface area is 152 Å². The van der Waals surface area contributed by atoms with E-state index in [0.29, 0.717) is 42.4 Å². The molecule has 1 aromatic rings. The maximum Gasteiger partial charge on any atom is 0.417 e. The van der Waals surface area contributed by atoms with Crippen LogP contribution in [0.4, 0.5) is 13.2 Å². The Morgan fingerprint density at radius 3 is 2.77 bits per heavy atom. The number of alkyl halides is 3. The Bertz CT molecular complexity index is 714. The SMILES string of the molecule is C[C@H]1C[C@H]2CCC[C@@]2(C(=O)C2CCc3cc(C(F)(F)F)cnc3CC2)C1. The molecule has 1 unspecified atom stereocenters. The Kier molecular flexibility index (Phi) is 4.39. The first-order chi connectivity index (χ1) is 12.3. The van der Waals surface area contributed by atoms with Gasteiger partial charge in [0.15, 0.2) is 0 Å². The zero-order valence-electron chi connectivity index (χ0n) is 15.2. The summed E-state index contributed by atoms with van der Waals surface area (Å²) in [5.74, 6) is 1.53. The first kappa shape index (κ1) is 18.0. The number of rotatable bonds is 2. The smallest absolute Gasteiger partial charge is 0.299 e. The summed E-state index contributed by atoms with van der Waals surface area (Å²) < 4.78 is 38.9. The Balaban J connectivity index is 1.53. The van der Waals surface area contributed by atoms with Crippen LogP contribution in [0.5, 0.6) is 0 Å². The zero-order valence-corrected chi connectivity index (χ0v) is 15.2. The predicted molar refractivity (Wildman–Crippen MR) is 92.6 cm³/mol. The van der Waals surface area contributed by atoms with Crippen molar-refractivity contribution in [1.82, 2.24) is 4.98 Å². The molecule has 0 bridgehead atoms. The molecule has 3 aliphatic rings. The number of Topliss-reactive ketones (excluding diaryl/α,β-unsaturated/α-hetero) is 1. The van der Waals surface area contributed by atoms with Gasteiger partial charge in [-0.15, -0.1) is 0 Å². The number of pyridine rings is 1. The molecule has 1 aromatic heterocycles. The highest BCUT2D eigenvalue weighted by Gasteiger charge is 2.54. The van der Waals surface area contributed by atoms with Crippen LogP contribution in [0.15, 0.2) is 12.3 Å². The van der Waals surface area contributed by atoms with Crippen LogP contribution < -0.4 is 0 Å². The Morgan fingerprint density at radius 2 is 2.00 bits per heavy atom. The van der Waals surface area contributed by atoms with Crippen LogP contribution in [0, 0.1) is 23.2 Å². The van der Waals surface area contributed by atoms with Crippen molar-refractivity contribution >= 4 is 5.78 Å². The van der Waals surface area contributed by atoms with E-state index in [0.717, 1.165) is 44.0 Å². The standard InChI is InChI=1S/C21H26F3NO/c1-13-9-16-3-2-8-20(16,11-13)19(26)14-4-5-15-10-17(21(22,23)24)12-25-18(15)7-6-14/h10,12-14,16H,2-9,11H2,1H3/t13-,14?,16+,20+/m0/s1. The van der Waals surface area contributed by atoms with E-state index in [1.54, 1.807) is 0 Å². The quantitative estimate of drug-likeness (QED) is 0.659. The lowest BCUT2D eigenvalue weighted by molar-refractivity contribution is -0.138. The summed E-state index contributed by atoms with van der Waals surface area (Å²) in [6, 6.07) is 1.24. The second-order valence-corrected chi connectivity index (χ2v) is 8.76. The van der Waals surface area contributed by atoms with Gasteiger partial charge in [-0.05, 0) is 74.8 Å². The van der Waals surface area contributed by atoms with Crippen LogP contribution in [-0.2, 0) is 23.8 Å². The summed E-state index contributed by atoms with van der Waals surface area (Å²) in [7, 11) is 0. The van der Waals surface area contributed by atoms with Crippen molar-refractivity contribution in [1.29, 1.82) is 0 Å². The molecule has 0 aromatic carbocycles. The van der Waals surface area contributed by atoms with E-state index >= 15 is 0 Å². The van der Waals surface area contributed by atoms with Crippen LogP contribution >= 0.6 is 0 Å². The van der Waals surface area contributed by atoms with Gasteiger partial charge in [0.1, 0.15) is 5.78 Å². The number of aromatic nitrogens is 1. The molecule has 0 radical (unpaired) electrons. The molecule has 2 fully saturated rings. The van der Waals surface area contributed by atoms with E-state index in [9.17, 15) is 18.0 Å². The van der Waals surface area contributed by atoms with Gasteiger partial charge in [0.25, 0.3) is 0 Å². The third-order valence-electron chi connectivity index (χ3n) is 7.10. The largest absolute Gasteiger partial charge is 0.417 e. The van der Waals surface area contributed by atoms with Crippen molar-refractivity contribution in [2.75, 3.05) is 0 Å². The maximum atomic E-state index is 13.5. The van der Waals surface area contributed by atoms with Gasteiger partial charge in [-0.1, -0.05) is 13.3 Å². The molecule has 2 saturated carbocycles. The van der Waals surface area contributed by atoms with Crippen LogP contribution in [0.25, 0.3) is 0 Å². The molecule has 0 amide bonds. The minimum Gasteiger partial charge on any atom is -0.299 e. The molecule has 4 rings (SSSR count). The number of halogens is 3. The van der Waals surface area contributed by atoms with E-state index in [1.165, 1.54) is 12.5 Å². The second kappa shape index (κ2) is 6.35. The fourth-order valence-electron chi connectivity index (χ4n) is 5.96. The summed E-state index contributed by atoms with van der Waals surface area (Å²) in [6.07, 6.45) is 4.60. The Hall–Kier alpha value is -1.39. The average Bonchev–Trinajstić information content (AvgIpc) is 3.02. The van der Waals surface area contributed by atoms with Crippen molar-refractivity contribution in [3.8, 4) is 0 Å². The van der Waals surface area contributed by atoms with Gasteiger partial charge < -0.3 is 0 Å². The summed E-state index contributed by atoms with van der Waals surface area (Å²) in [5.41, 5.74) is 0.606. The van der Waals surface area contributed by atoms with E-state index < -0.39 is 11.7 Å². The van der Waals surface area contributed by atoms with Gasteiger partial charge >= 0.3 is 6.18 Å². The number of nitrogens with zero attached hydrogens (tertiary/aromatic N) is 1. The molecule has 5 heteroatoms. The van der Waals surface area contributed by atoms with E-state index in [4.69, 9.17) is 0 Å². The van der Waals surface area contributed by atoms with Crippen LogP contribution in [-0.4, -0.2) is 10.8 Å². The molecule has 0 aliphatic heterocycles. The number of ketones is 1. The zero-order chi connectivity index (χ0) is 18.5. The van der Waals surface area contributed by atoms with Crippen LogP contribution in [0.2, 0.25) is 0 Å². The first-order valence-electron chi connectivity index (χ1n) is 9.89. The fourth-order valence-corrected chi connectivity index (χ4v) is 5.96. The van der Waals surface area contributed by atoms with Crippen molar-refractivity contribution in [2.45, 2.75) is 70.9 Å². The van der Waals surface area contributed by atoms with Gasteiger partial charge in [0.2, 0.25) is 0 Å². The van der Waals surface area contributed by atoms with E-state index in [-0.39, 0.29) is 11.3 Å². The summed E-state index contributed by atoms with van der Waals surface area (Å²) >= 11 is 0. The number of hydrogen-bond acceptors (Lipinski definition) is 2. The third kappa shape index (κ3) is 2.97. The molecule has 3 aliphatic carbocycles. The minimum absolute atomic E-state index is 0.0237. The molecular formula is C21H26F3NO. The molecule has 0 spiro atoms. The molecule has 1 heterocycles. The van der Waals surface area contributed by atoms with Gasteiger partial charge in [0.05, 0.1) is 5.56 Å². The maximum absolute atomic E-state index is 13.5. The van der Waals surface area contributed by atoms with Crippen LogP contribution in [0.3, 0.4) is 0 Å². The lowest BCUT2D eigenvalue weighted by Crippen LogP contribution is -2.36. The lowest BCUT2D eigenvalue weighted by atomic mass is 9.70. The second-order valence-electron chi connectivity index (χ2n) is 8.76. The fraction of sp³-hybridized carbons (Fsp3) is 0.714. The number of aryl methyl sites for hydroxylation is 2.